The highest BCUT2D eigenvalue weighted by Crippen LogP contribution is 2.22. The zero-order valence-electron chi connectivity index (χ0n) is 11.0. The van der Waals surface area contributed by atoms with Crippen LogP contribution in [0, 0.1) is 11.6 Å². The van der Waals surface area contributed by atoms with Crippen molar-refractivity contribution in [1.82, 2.24) is 4.98 Å². The van der Waals surface area contributed by atoms with Crippen LogP contribution in [0.5, 0.6) is 5.75 Å². The molecule has 1 aromatic heterocycles. The summed E-state index contributed by atoms with van der Waals surface area (Å²) >= 11 is 0. The van der Waals surface area contributed by atoms with E-state index in [2.05, 4.69) is 10.3 Å². The first-order valence-corrected chi connectivity index (χ1v) is 5.82. The highest BCUT2D eigenvalue weighted by atomic mass is 19.1. The molecular formula is C13H12F2N4O2. The zero-order valence-corrected chi connectivity index (χ0v) is 11.0. The molecule has 0 fully saturated rings. The first-order valence-electron chi connectivity index (χ1n) is 5.82. The topological polar surface area (TPSA) is 89.3 Å². The summed E-state index contributed by atoms with van der Waals surface area (Å²) in [6.07, 6.45) is 1.23. The van der Waals surface area contributed by atoms with E-state index in [-0.39, 0.29) is 22.8 Å². The standard InChI is InChI=1S/C13H12F2N4O2/c1-21-10-6-7(2-3-9(10)14)18-13(20)8-4-5-17-12(19-16)11(8)15/h2-6H,16H2,1H3,(H,17,19)(H,18,20). The number of pyridine rings is 1. The minimum absolute atomic E-state index is 0.0349. The number of halogens is 2. The van der Waals surface area contributed by atoms with Crippen LogP contribution in [0.4, 0.5) is 20.3 Å². The molecule has 2 aromatic rings. The average Bonchev–Trinajstić information content (AvgIpc) is 2.49. The van der Waals surface area contributed by atoms with Crippen molar-refractivity contribution in [2.45, 2.75) is 0 Å². The van der Waals surface area contributed by atoms with Gasteiger partial charge >= 0.3 is 0 Å². The van der Waals surface area contributed by atoms with Crippen LogP contribution in [0.2, 0.25) is 0 Å². The number of hydrazine groups is 1. The van der Waals surface area contributed by atoms with Crippen molar-refractivity contribution in [2.24, 2.45) is 5.84 Å². The first-order chi connectivity index (χ1) is 10.1. The third-order valence-corrected chi connectivity index (χ3v) is 2.68. The molecule has 4 N–H and O–H groups in total. The fraction of sp³-hybridized carbons (Fsp3) is 0.0769. The van der Waals surface area contributed by atoms with Gasteiger partial charge in [-0.15, -0.1) is 0 Å². The number of nitrogen functional groups attached to an aromatic ring is 1. The van der Waals surface area contributed by atoms with E-state index >= 15 is 0 Å². The van der Waals surface area contributed by atoms with Crippen LogP contribution in [-0.2, 0) is 0 Å². The van der Waals surface area contributed by atoms with Gasteiger partial charge in [0.05, 0.1) is 12.7 Å². The largest absolute Gasteiger partial charge is 0.494 e. The number of nitrogens with one attached hydrogen (secondary N) is 2. The maximum absolute atomic E-state index is 13.9. The Labute approximate surface area is 118 Å². The average molecular weight is 294 g/mol. The maximum Gasteiger partial charge on any atom is 0.258 e. The van der Waals surface area contributed by atoms with Gasteiger partial charge in [-0.2, -0.15) is 0 Å². The summed E-state index contributed by atoms with van der Waals surface area (Å²) in [4.78, 5) is 15.6. The van der Waals surface area contributed by atoms with E-state index in [1.165, 1.54) is 31.5 Å². The lowest BCUT2D eigenvalue weighted by Crippen LogP contribution is -2.17. The second-order valence-electron chi connectivity index (χ2n) is 3.97. The lowest BCUT2D eigenvalue weighted by molar-refractivity contribution is 0.102. The van der Waals surface area contributed by atoms with Gasteiger partial charge in [0.2, 0.25) is 0 Å². The molecule has 0 radical (unpaired) electrons. The number of nitrogens with zero attached hydrogens (tertiary/aromatic N) is 1. The van der Waals surface area contributed by atoms with Crippen molar-refractivity contribution in [3.63, 3.8) is 0 Å². The predicted molar refractivity (Wildman–Crippen MR) is 72.9 cm³/mol. The Morgan fingerprint density at radius 1 is 1.33 bits per heavy atom. The van der Waals surface area contributed by atoms with Crippen LogP contribution in [0.25, 0.3) is 0 Å². The Kier molecular flexibility index (Phi) is 4.29. The highest BCUT2D eigenvalue weighted by molar-refractivity contribution is 6.04. The number of benzene rings is 1. The second-order valence-corrected chi connectivity index (χ2v) is 3.97. The van der Waals surface area contributed by atoms with Crippen molar-refractivity contribution in [3.05, 3.63) is 47.7 Å². The third-order valence-electron chi connectivity index (χ3n) is 2.68. The molecule has 0 aliphatic heterocycles. The van der Waals surface area contributed by atoms with Crippen LogP contribution >= 0.6 is 0 Å². The molecule has 2 rings (SSSR count). The second kappa shape index (κ2) is 6.14. The van der Waals surface area contributed by atoms with Crippen LogP contribution in [-0.4, -0.2) is 18.0 Å². The number of ether oxygens (including phenoxy) is 1. The number of carbonyl (C=O) groups is 1. The van der Waals surface area contributed by atoms with E-state index in [0.717, 1.165) is 6.07 Å². The summed E-state index contributed by atoms with van der Waals surface area (Å²) in [5.41, 5.74) is 2.06. The Bertz CT molecular complexity index is 679. The van der Waals surface area contributed by atoms with Gasteiger partial charge in [0.25, 0.3) is 5.91 Å². The van der Waals surface area contributed by atoms with Gasteiger partial charge in [-0.3, -0.25) is 4.79 Å². The summed E-state index contributed by atoms with van der Waals surface area (Å²) in [7, 11) is 1.30. The molecule has 0 saturated heterocycles. The van der Waals surface area contributed by atoms with Gasteiger partial charge in [-0.1, -0.05) is 0 Å². The summed E-state index contributed by atoms with van der Waals surface area (Å²) in [6.45, 7) is 0. The summed E-state index contributed by atoms with van der Waals surface area (Å²) < 4.78 is 31.9. The number of anilines is 2. The molecule has 0 spiro atoms. The van der Waals surface area contributed by atoms with Crippen molar-refractivity contribution >= 4 is 17.4 Å². The number of nitrogens with two attached hydrogens (primary N) is 1. The number of hydrogen-bond donors (Lipinski definition) is 3. The molecule has 21 heavy (non-hydrogen) atoms. The molecule has 0 bridgehead atoms. The van der Waals surface area contributed by atoms with E-state index < -0.39 is 17.5 Å². The molecule has 0 aliphatic carbocycles. The van der Waals surface area contributed by atoms with Gasteiger partial charge in [-0.25, -0.2) is 19.6 Å². The molecule has 6 nitrogen and oxygen atoms in total. The van der Waals surface area contributed by atoms with Crippen LogP contribution < -0.4 is 21.3 Å². The van der Waals surface area contributed by atoms with Crippen LogP contribution in [0.1, 0.15) is 10.4 Å². The molecule has 0 aliphatic rings. The lowest BCUT2D eigenvalue weighted by atomic mass is 10.2. The fourth-order valence-electron chi connectivity index (χ4n) is 1.66. The molecule has 0 atom stereocenters. The molecule has 1 amide bonds. The first kappa shape index (κ1) is 14.7. The van der Waals surface area contributed by atoms with E-state index in [4.69, 9.17) is 10.6 Å². The van der Waals surface area contributed by atoms with Gasteiger partial charge in [0.1, 0.15) is 0 Å². The summed E-state index contributed by atoms with van der Waals surface area (Å²) in [5, 5.41) is 2.43. The normalized spacial score (nSPS) is 10.1. The van der Waals surface area contributed by atoms with Crippen molar-refractivity contribution < 1.29 is 18.3 Å². The molecule has 0 saturated carbocycles. The number of hydrogen-bond acceptors (Lipinski definition) is 5. The van der Waals surface area contributed by atoms with Crippen LogP contribution in [0.15, 0.2) is 30.5 Å². The smallest absolute Gasteiger partial charge is 0.258 e. The monoisotopic (exact) mass is 294 g/mol. The van der Waals surface area contributed by atoms with E-state index in [1.807, 2.05) is 5.43 Å². The number of aromatic nitrogens is 1. The lowest BCUT2D eigenvalue weighted by Gasteiger charge is -2.09. The zero-order chi connectivity index (χ0) is 15.4. The summed E-state index contributed by atoms with van der Waals surface area (Å²) in [5.74, 6) is 2.62. The predicted octanol–water partition coefficient (Wildman–Crippen LogP) is 1.91. The maximum atomic E-state index is 13.9. The third kappa shape index (κ3) is 3.06. The van der Waals surface area contributed by atoms with Crippen molar-refractivity contribution in [3.8, 4) is 5.75 Å². The Morgan fingerprint density at radius 3 is 2.76 bits per heavy atom. The van der Waals surface area contributed by atoms with E-state index in [0.29, 0.717) is 0 Å². The van der Waals surface area contributed by atoms with E-state index in [9.17, 15) is 13.6 Å². The molecule has 8 heteroatoms. The summed E-state index contributed by atoms with van der Waals surface area (Å²) in [6, 6.07) is 4.95. The van der Waals surface area contributed by atoms with Gasteiger partial charge in [0, 0.05) is 18.0 Å². The fourth-order valence-corrected chi connectivity index (χ4v) is 1.66. The van der Waals surface area contributed by atoms with Crippen molar-refractivity contribution in [2.75, 3.05) is 17.9 Å². The van der Waals surface area contributed by atoms with Gasteiger partial charge in [-0.05, 0) is 18.2 Å². The minimum atomic E-state index is -0.883. The highest BCUT2D eigenvalue weighted by Gasteiger charge is 2.16. The Hall–Kier alpha value is -2.74. The van der Waals surface area contributed by atoms with Crippen LogP contribution in [0.3, 0.4) is 0 Å². The SMILES string of the molecule is COc1cc(NC(=O)c2ccnc(NN)c2F)ccc1F. The number of rotatable bonds is 4. The van der Waals surface area contributed by atoms with Crippen molar-refractivity contribution in [1.29, 1.82) is 0 Å². The Morgan fingerprint density at radius 2 is 2.10 bits per heavy atom. The Balaban J connectivity index is 2.26. The molecule has 0 unspecified atom stereocenters. The molecule has 110 valence electrons. The molecule has 1 aromatic carbocycles. The minimum Gasteiger partial charge on any atom is -0.494 e. The quantitative estimate of drug-likeness (QED) is 0.592. The van der Waals surface area contributed by atoms with Gasteiger partial charge < -0.3 is 15.5 Å². The number of amides is 1. The number of carbonyl (C=O) groups excluding carboxylic acids is 1. The van der Waals surface area contributed by atoms with E-state index in [1.54, 1.807) is 0 Å². The molecule has 1 heterocycles. The number of methoxy groups -OCH3 is 1. The molecular weight excluding hydrogens is 282 g/mol. The van der Waals surface area contributed by atoms with Gasteiger partial charge in [0.15, 0.2) is 23.2 Å².